The van der Waals surface area contributed by atoms with Gasteiger partial charge in [0.15, 0.2) is 0 Å². The van der Waals surface area contributed by atoms with Crippen molar-refractivity contribution >= 4 is 43.2 Å². The summed E-state index contributed by atoms with van der Waals surface area (Å²) < 4.78 is 1.89. The number of halogens is 2. The topological polar surface area (TPSA) is 79.0 Å². The van der Waals surface area contributed by atoms with Gasteiger partial charge in [-0.1, -0.05) is 6.07 Å². The number of nitrogens with zero attached hydrogens (tertiary/aromatic N) is 2. The van der Waals surface area contributed by atoms with E-state index in [0.717, 1.165) is 14.5 Å². The van der Waals surface area contributed by atoms with E-state index in [0.29, 0.717) is 12.2 Å². The van der Waals surface area contributed by atoms with Gasteiger partial charge in [-0.25, -0.2) is 0 Å². The number of nitro benzene ring substituents is 1. The number of benzene rings is 2. The minimum absolute atomic E-state index is 0.0940. The quantitative estimate of drug-likeness (QED) is 0.589. The Bertz CT molecular complexity index is 741. The second kappa shape index (κ2) is 6.70. The van der Waals surface area contributed by atoms with Crippen molar-refractivity contribution in [3.05, 3.63) is 66.6 Å². The molecule has 7 heteroatoms. The van der Waals surface area contributed by atoms with E-state index in [4.69, 9.17) is 5.26 Å². The SMILES string of the molecule is N#Cc1cc([N+](=O)[O-])ccc1NCc1ccc(Br)c(Br)c1. The molecular weight excluding hydrogens is 402 g/mol. The van der Waals surface area contributed by atoms with Crippen molar-refractivity contribution in [3.8, 4) is 6.07 Å². The van der Waals surface area contributed by atoms with Crippen molar-refractivity contribution in [2.75, 3.05) is 5.32 Å². The molecule has 0 heterocycles. The first-order valence-corrected chi connectivity index (χ1v) is 7.46. The molecule has 2 rings (SSSR count). The molecule has 2 aromatic rings. The van der Waals surface area contributed by atoms with Crippen LogP contribution in [0.1, 0.15) is 11.1 Å². The third-order valence-corrected chi connectivity index (χ3v) is 4.68. The van der Waals surface area contributed by atoms with Crippen molar-refractivity contribution in [1.82, 2.24) is 0 Å². The van der Waals surface area contributed by atoms with E-state index in [2.05, 4.69) is 37.2 Å². The summed E-state index contributed by atoms with van der Waals surface area (Å²) in [6.45, 7) is 0.512. The van der Waals surface area contributed by atoms with Gasteiger partial charge < -0.3 is 5.32 Å². The summed E-state index contributed by atoms with van der Waals surface area (Å²) in [5.41, 5.74) is 1.75. The van der Waals surface area contributed by atoms with Gasteiger partial charge in [-0.05, 0) is 55.6 Å². The Balaban J connectivity index is 2.18. The number of rotatable bonds is 4. The highest BCUT2D eigenvalue weighted by Gasteiger charge is 2.10. The van der Waals surface area contributed by atoms with Crippen LogP contribution in [0.25, 0.3) is 0 Å². The van der Waals surface area contributed by atoms with Gasteiger partial charge in [0, 0.05) is 27.6 Å². The maximum atomic E-state index is 10.7. The zero-order valence-corrected chi connectivity index (χ0v) is 13.8. The van der Waals surface area contributed by atoms with E-state index < -0.39 is 4.92 Å². The van der Waals surface area contributed by atoms with E-state index in [1.165, 1.54) is 12.1 Å². The van der Waals surface area contributed by atoms with Gasteiger partial charge in [0.25, 0.3) is 5.69 Å². The third kappa shape index (κ3) is 3.80. The maximum Gasteiger partial charge on any atom is 0.270 e. The third-order valence-electron chi connectivity index (χ3n) is 2.80. The fourth-order valence-electron chi connectivity index (χ4n) is 1.74. The Morgan fingerprint density at radius 1 is 1.19 bits per heavy atom. The van der Waals surface area contributed by atoms with E-state index in [1.807, 2.05) is 24.3 Å². The summed E-state index contributed by atoms with van der Waals surface area (Å²) in [5.74, 6) is 0. The van der Waals surface area contributed by atoms with Gasteiger partial charge >= 0.3 is 0 Å². The number of anilines is 1. The molecule has 21 heavy (non-hydrogen) atoms. The monoisotopic (exact) mass is 409 g/mol. The van der Waals surface area contributed by atoms with Crippen molar-refractivity contribution < 1.29 is 4.92 Å². The van der Waals surface area contributed by atoms with Crippen molar-refractivity contribution in [1.29, 1.82) is 5.26 Å². The van der Waals surface area contributed by atoms with E-state index in [-0.39, 0.29) is 11.3 Å². The van der Waals surface area contributed by atoms with Crippen LogP contribution in [-0.4, -0.2) is 4.92 Å². The molecule has 2 aromatic carbocycles. The Labute approximate surface area is 138 Å². The predicted molar refractivity (Wildman–Crippen MR) is 87.0 cm³/mol. The maximum absolute atomic E-state index is 10.7. The number of hydrogen-bond donors (Lipinski definition) is 1. The molecule has 1 N–H and O–H groups in total. The Kier molecular flexibility index (Phi) is 4.94. The van der Waals surface area contributed by atoms with Crippen LogP contribution >= 0.6 is 31.9 Å². The number of nitro groups is 1. The fourth-order valence-corrected chi connectivity index (χ4v) is 2.41. The second-order valence-electron chi connectivity index (χ2n) is 4.20. The lowest BCUT2D eigenvalue weighted by Gasteiger charge is -2.09. The molecule has 106 valence electrons. The van der Waals surface area contributed by atoms with Crippen molar-refractivity contribution in [2.24, 2.45) is 0 Å². The summed E-state index contributed by atoms with van der Waals surface area (Å²) in [6.07, 6.45) is 0. The average Bonchev–Trinajstić information content (AvgIpc) is 2.48. The standard InChI is InChI=1S/C14H9Br2N3O2/c15-12-3-1-9(5-13(12)16)8-18-14-4-2-11(19(20)21)6-10(14)7-17/h1-6,18H,8H2. The molecule has 0 aliphatic carbocycles. The normalized spacial score (nSPS) is 9.95. The van der Waals surface area contributed by atoms with Gasteiger partial charge in [-0.3, -0.25) is 10.1 Å². The van der Waals surface area contributed by atoms with Crippen LogP contribution in [0.2, 0.25) is 0 Å². The van der Waals surface area contributed by atoms with Gasteiger partial charge in [-0.15, -0.1) is 0 Å². The summed E-state index contributed by atoms with van der Waals surface area (Å²) in [4.78, 5) is 10.2. The second-order valence-corrected chi connectivity index (χ2v) is 5.91. The Hall–Kier alpha value is -1.91. The van der Waals surface area contributed by atoms with Crippen molar-refractivity contribution in [2.45, 2.75) is 6.54 Å². The number of nitrogens with one attached hydrogen (secondary N) is 1. The summed E-state index contributed by atoms with van der Waals surface area (Å²) in [5, 5.41) is 22.9. The number of hydrogen-bond acceptors (Lipinski definition) is 4. The Morgan fingerprint density at radius 2 is 1.95 bits per heavy atom. The first-order valence-electron chi connectivity index (χ1n) is 5.87. The van der Waals surface area contributed by atoms with Crippen LogP contribution in [0.4, 0.5) is 11.4 Å². The van der Waals surface area contributed by atoms with Crippen LogP contribution < -0.4 is 5.32 Å². The largest absolute Gasteiger partial charge is 0.380 e. The summed E-state index contributed by atoms with van der Waals surface area (Å²) in [7, 11) is 0. The molecule has 0 amide bonds. The lowest BCUT2D eigenvalue weighted by molar-refractivity contribution is -0.384. The molecular formula is C14H9Br2N3O2. The molecule has 0 unspecified atom stereocenters. The van der Waals surface area contributed by atoms with Crippen LogP contribution in [0.15, 0.2) is 45.3 Å². The summed E-state index contributed by atoms with van der Waals surface area (Å²) in [6, 6.07) is 12.0. The first-order chi connectivity index (χ1) is 10.0. The first kappa shape index (κ1) is 15.5. The fraction of sp³-hybridized carbons (Fsp3) is 0.0714. The lowest BCUT2D eigenvalue weighted by Crippen LogP contribution is -2.02. The number of nitriles is 1. The molecule has 5 nitrogen and oxygen atoms in total. The van der Waals surface area contributed by atoms with E-state index >= 15 is 0 Å². The molecule has 0 aliphatic rings. The highest BCUT2D eigenvalue weighted by molar-refractivity contribution is 9.13. The highest BCUT2D eigenvalue weighted by atomic mass is 79.9. The van der Waals surface area contributed by atoms with Gasteiger partial charge in [0.05, 0.1) is 16.2 Å². The molecule has 0 fully saturated rings. The van der Waals surface area contributed by atoms with Crippen LogP contribution in [-0.2, 0) is 6.54 Å². The van der Waals surface area contributed by atoms with Crippen LogP contribution in [0.3, 0.4) is 0 Å². The molecule has 0 saturated carbocycles. The van der Waals surface area contributed by atoms with Gasteiger partial charge in [0.1, 0.15) is 6.07 Å². The van der Waals surface area contributed by atoms with E-state index in [1.54, 1.807) is 6.07 Å². The Morgan fingerprint density at radius 3 is 2.57 bits per heavy atom. The zero-order valence-electron chi connectivity index (χ0n) is 10.6. The molecule has 0 atom stereocenters. The van der Waals surface area contributed by atoms with Crippen LogP contribution in [0, 0.1) is 21.4 Å². The molecule has 0 bridgehead atoms. The van der Waals surface area contributed by atoms with Crippen LogP contribution in [0.5, 0.6) is 0 Å². The molecule has 0 aliphatic heterocycles. The van der Waals surface area contributed by atoms with Gasteiger partial charge in [-0.2, -0.15) is 5.26 Å². The molecule has 0 saturated heterocycles. The average molecular weight is 411 g/mol. The minimum atomic E-state index is -0.517. The molecule has 0 radical (unpaired) electrons. The smallest absolute Gasteiger partial charge is 0.270 e. The lowest BCUT2D eigenvalue weighted by atomic mass is 10.1. The summed E-state index contributed by atoms with van der Waals surface area (Å²) >= 11 is 6.82. The highest BCUT2D eigenvalue weighted by Crippen LogP contribution is 2.25. The van der Waals surface area contributed by atoms with E-state index in [9.17, 15) is 10.1 Å². The zero-order chi connectivity index (χ0) is 15.4. The minimum Gasteiger partial charge on any atom is -0.380 e. The molecule has 0 spiro atoms. The predicted octanol–water partition coefficient (Wildman–Crippen LogP) is 4.60. The number of non-ortho nitro benzene ring substituents is 1. The molecule has 0 aromatic heterocycles. The van der Waals surface area contributed by atoms with Crippen molar-refractivity contribution in [3.63, 3.8) is 0 Å². The van der Waals surface area contributed by atoms with Gasteiger partial charge in [0.2, 0.25) is 0 Å².